The predicted molar refractivity (Wildman–Crippen MR) is 104 cm³/mol. The van der Waals surface area contributed by atoms with Crippen molar-refractivity contribution in [1.29, 1.82) is 0 Å². The summed E-state index contributed by atoms with van der Waals surface area (Å²) in [6.07, 6.45) is 0.0168. The quantitative estimate of drug-likeness (QED) is 0.511. The first-order valence-corrected chi connectivity index (χ1v) is 8.73. The molecular formula is C17H14BrCl2N3O2. The molecule has 8 heteroatoms. The van der Waals surface area contributed by atoms with Gasteiger partial charge in [0.2, 0.25) is 5.91 Å². The fourth-order valence-corrected chi connectivity index (χ4v) is 2.87. The Morgan fingerprint density at radius 3 is 2.44 bits per heavy atom. The lowest BCUT2D eigenvalue weighted by Crippen LogP contribution is -2.21. The number of hydrogen-bond donors (Lipinski definition) is 2. The Morgan fingerprint density at radius 2 is 1.80 bits per heavy atom. The van der Waals surface area contributed by atoms with Gasteiger partial charge in [-0.2, -0.15) is 5.10 Å². The molecule has 0 aliphatic rings. The lowest BCUT2D eigenvalue weighted by Gasteiger charge is -2.07. The number of amides is 2. The minimum Gasteiger partial charge on any atom is -0.326 e. The second kappa shape index (κ2) is 8.99. The van der Waals surface area contributed by atoms with Crippen LogP contribution in [0.2, 0.25) is 10.0 Å². The standard InChI is InChI=1S/C17H14BrCl2N3O2/c1-10(22-23-17(25)11-3-2-4-12(18)6-11)5-16(24)21-15-8-13(19)7-14(20)9-15/h2-4,6-9H,5H2,1H3,(H,21,24)(H,23,25)/b22-10+. The topological polar surface area (TPSA) is 70.6 Å². The molecule has 2 aromatic carbocycles. The first-order chi connectivity index (χ1) is 11.8. The van der Waals surface area contributed by atoms with Crippen LogP contribution in [-0.4, -0.2) is 17.5 Å². The Balaban J connectivity index is 1.91. The van der Waals surface area contributed by atoms with Crippen LogP contribution in [0.25, 0.3) is 0 Å². The molecule has 0 aliphatic heterocycles. The largest absolute Gasteiger partial charge is 0.326 e. The number of rotatable bonds is 5. The van der Waals surface area contributed by atoms with Crippen molar-refractivity contribution in [2.24, 2.45) is 5.10 Å². The van der Waals surface area contributed by atoms with Gasteiger partial charge in [0.15, 0.2) is 0 Å². The molecule has 0 saturated carbocycles. The molecule has 0 radical (unpaired) electrons. The third kappa shape index (κ3) is 6.49. The second-order valence-corrected chi connectivity index (χ2v) is 6.97. The second-order valence-electron chi connectivity index (χ2n) is 5.18. The summed E-state index contributed by atoms with van der Waals surface area (Å²) in [5.41, 5.74) is 3.83. The predicted octanol–water partition coefficient (Wildman–Crippen LogP) is 4.89. The number of hydrazone groups is 1. The van der Waals surface area contributed by atoms with E-state index in [1.807, 2.05) is 6.07 Å². The fraction of sp³-hybridized carbons (Fsp3) is 0.118. The normalized spacial score (nSPS) is 11.1. The van der Waals surface area contributed by atoms with Crippen molar-refractivity contribution in [2.75, 3.05) is 5.32 Å². The van der Waals surface area contributed by atoms with Crippen LogP contribution in [-0.2, 0) is 4.79 Å². The SMILES string of the molecule is C/C(CC(=O)Nc1cc(Cl)cc(Cl)c1)=N\NC(=O)c1cccc(Br)c1. The molecule has 2 rings (SSSR count). The van der Waals surface area contributed by atoms with E-state index < -0.39 is 0 Å². The molecule has 0 spiro atoms. The summed E-state index contributed by atoms with van der Waals surface area (Å²) in [6, 6.07) is 11.7. The summed E-state index contributed by atoms with van der Waals surface area (Å²) in [4.78, 5) is 24.0. The monoisotopic (exact) mass is 441 g/mol. The molecule has 0 heterocycles. The van der Waals surface area contributed by atoms with E-state index in [2.05, 4.69) is 31.8 Å². The zero-order valence-corrected chi connectivity index (χ0v) is 16.2. The molecule has 0 aliphatic carbocycles. The molecule has 0 fully saturated rings. The third-order valence-electron chi connectivity index (χ3n) is 3.00. The summed E-state index contributed by atoms with van der Waals surface area (Å²) in [5, 5.41) is 7.46. The van der Waals surface area contributed by atoms with E-state index in [4.69, 9.17) is 23.2 Å². The van der Waals surface area contributed by atoms with Gasteiger partial charge in [-0.1, -0.05) is 45.2 Å². The summed E-state index contributed by atoms with van der Waals surface area (Å²) in [6.45, 7) is 1.64. The van der Waals surface area contributed by atoms with Gasteiger partial charge in [-0.05, 0) is 43.3 Å². The molecule has 0 aromatic heterocycles. The molecule has 0 atom stereocenters. The summed E-state index contributed by atoms with van der Waals surface area (Å²) < 4.78 is 0.792. The lowest BCUT2D eigenvalue weighted by atomic mass is 10.2. The number of benzene rings is 2. The van der Waals surface area contributed by atoms with Crippen LogP contribution in [0.5, 0.6) is 0 Å². The highest BCUT2D eigenvalue weighted by molar-refractivity contribution is 9.10. The molecule has 2 aromatic rings. The van der Waals surface area contributed by atoms with Crippen LogP contribution in [0.4, 0.5) is 5.69 Å². The number of halogens is 3. The molecule has 25 heavy (non-hydrogen) atoms. The van der Waals surface area contributed by atoms with E-state index >= 15 is 0 Å². The van der Waals surface area contributed by atoms with Gasteiger partial charge in [-0.15, -0.1) is 0 Å². The van der Waals surface area contributed by atoms with E-state index in [1.165, 1.54) is 0 Å². The van der Waals surface area contributed by atoms with Gasteiger partial charge in [-0.25, -0.2) is 5.43 Å². The van der Waals surface area contributed by atoms with Gasteiger partial charge in [0, 0.05) is 31.5 Å². The van der Waals surface area contributed by atoms with Crippen molar-refractivity contribution < 1.29 is 9.59 Å². The van der Waals surface area contributed by atoms with Crippen molar-refractivity contribution in [1.82, 2.24) is 5.43 Å². The Hall–Kier alpha value is -1.89. The van der Waals surface area contributed by atoms with E-state index in [0.29, 0.717) is 27.0 Å². The van der Waals surface area contributed by atoms with Crippen LogP contribution in [0.1, 0.15) is 23.7 Å². The Kier molecular flexibility index (Phi) is 6.99. The first kappa shape index (κ1) is 19.4. The average Bonchev–Trinajstić information content (AvgIpc) is 2.51. The van der Waals surface area contributed by atoms with Crippen molar-refractivity contribution in [3.8, 4) is 0 Å². The molecule has 0 saturated heterocycles. The third-order valence-corrected chi connectivity index (χ3v) is 3.93. The minimum absolute atomic E-state index is 0.0168. The zero-order chi connectivity index (χ0) is 18.4. The van der Waals surface area contributed by atoms with Crippen LogP contribution in [0.3, 0.4) is 0 Å². The van der Waals surface area contributed by atoms with E-state index in [1.54, 1.807) is 43.3 Å². The van der Waals surface area contributed by atoms with Crippen molar-refractivity contribution in [3.05, 3.63) is 62.5 Å². The summed E-state index contributed by atoms with van der Waals surface area (Å²) >= 11 is 15.1. The number of nitrogens with one attached hydrogen (secondary N) is 2. The first-order valence-electron chi connectivity index (χ1n) is 7.18. The molecule has 5 nitrogen and oxygen atoms in total. The van der Waals surface area contributed by atoms with Crippen LogP contribution in [0, 0.1) is 0 Å². The lowest BCUT2D eigenvalue weighted by molar-refractivity contribution is -0.115. The number of carbonyl (C=O) groups is 2. The highest BCUT2D eigenvalue weighted by Gasteiger charge is 2.08. The minimum atomic E-state index is -0.359. The van der Waals surface area contributed by atoms with Gasteiger partial charge >= 0.3 is 0 Å². The van der Waals surface area contributed by atoms with Gasteiger partial charge in [0.05, 0.1) is 6.42 Å². The highest BCUT2D eigenvalue weighted by Crippen LogP contribution is 2.22. The average molecular weight is 443 g/mol. The maximum absolute atomic E-state index is 12.0. The van der Waals surface area contributed by atoms with Crippen LogP contribution >= 0.6 is 39.1 Å². The Morgan fingerprint density at radius 1 is 1.12 bits per heavy atom. The van der Waals surface area contributed by atoms with Gasteiger partial charge in [0.25, 0.3) is 5.91 Å². The maximum Gasteiger partial charge on any atom is 0.271 e. The molecule has 0 bridgehead atoms. The van der Waals surface area contributed by atoms with E-state index in [0.717, 1.165) is 4.47 Å². The molecule has 2 N–H and O–H groups in total. The van der Waals surface area contributed by atoms with Gasteiger partial charge in [0.1, 0.15) is 0 Å². The Bertz CT molecular complexity index is 820. The maximum atomic E-state index is 12.0. The number of anilines is 1. The van der Waals surface area contributed by atoms with Gasteiger partial charge < -0.3 is 5.32 Å². The summed E-state index contributed by atoms with van der Waals surface area (Å²) in [5.74, 6) is -0.654. The smallest absolute Gasteiger partial charge is 0.271 e. The number of nitrogens with zero attached hydrogens (tertiary/aromatic N) is 1. The summed E-state index contributed by atoms with van der Waals surface area (Å²) in [7, 11) is 0. The Labute approximate surface area is 163 Å². The van der Waals surface area contributed by atoms with E-state index in [-0.39, 0.29) is 18.2 Å². The van der Waals surface area contributed by atoms with Crippen molar-refractivity contribution >= 4 is 62.3 Å². The van der Waals surface area contributed by atoms with Crippen molar-refractivity contribution in [2.45, 2.75) is 13.3 Å². The molecule has 2 amide bonds. The number of hydrogen-bond acceptors (Lipinski definition) is 3. The van der Waals surface area contributed by atoms with Crippen molar-refractivity contribution in [3.63, 3.8) is 0 Å². The number of carbonyl (C=O) groups excluding carboxylic acids is 2. The fourth-order valence-electron chi connectivity index (χ4n) is 1.94. The molecule has 130 valence electrons. The van der Waals surface area contributed by atoms with E-state index in [9.17, 15) is 9.59 Å². The van der Waals surface area contributed by atoms with Gasteiger partial charge in [-0.3, -0.25) is 9.59 Å². The van der Waals surface area contributed by atoms with Crippen LogP contribution in [0.15, 0.2) is 52.0 Å². The molecule has 0 unspecified atom stereocenters. The molecular weight excluding hydrogens is 429 g/mol. The highest BCUT2D eigenvalue weighted by atomic mass is 79.9. The zero-order valence-electron chi connectivity index (χ0n) is 13.1. The van der Waals surface area contributed by atoms with Crippen LogP contribution < -0.4 is 10.7 Å².